The van der Waals surface area contributed by atoms with Crippen molar-refractivity contribution < 1.29 is 0 Å². The predicted molar refractivity (Wildman–Crippen MR) is 69.6 cm³/mol. The van der Waals surface area contributed by atoms with E-state index in [4.69, 9.17) is 5.84 Å². The summed E-state index contributed by atoms with van der Waals surface area (Å²) in [7, 11) is 0. The average molecular weight is 235 g/mol. The number of nitrogens with one attached hydrogen (secondary N) is 2. The fourth-order valence-electron chi connectivity index (χ4n) is 2.05. The van der Waals surface area contributed by atoms with Gasteiger partial charge in [-0.05, 0) is 18.8 Å². The summed E-state index contributed by atoms with van der Waals surface area (Å²) in [5, 5.41) is 3.44. The molecule has 94 valence electrons. The van der Waals surface area contributed by atoms with Gasteiger partial charge in [0.2, 0.25) is 0 Å². The minimum Gasteiger partial charge on any atom is -0.367 e. The van der Waals surface area contributed by atoms with Gasteiger partial charge in [0.15, 0.2) is 0 Å². The Morgan fingerprint density at radius 3 is 2.71 bits per heavy atom. The second-order valence-electron chi connectivity index (χ2n) is 4.60. The zero-order chi connectivity index (χ0) is 12.3. The lowest BCUT2D eigenvalue weighted by atomic mass is 10.3. The largest absolute Gasteiger partial charge is 0.367 e. The number of nitrogen functional groups attached to an aromatic ring is 1. The first-order chi connectivity index (χ1) is 8.26. The Morgan fingerprint density at radius 2 is 2.12 bits per heavy atom. The van der Waals surface area contributed by atoms with E-state index in [2.05, 4.69) is 34.6 Å². The van der Waals surface area contributed by atoms with Crippen molar-refractivity contribution >= 4 is 11.6 Å². The van der Waals surface area contributed by atoms with Gasteiger partial charge in [0, 0.05) is 18.5 Å². The molecular weight excluding hydrogens is 214 g/mol. The van der Waals surface area contributed by atoms with Crippen molar-refractivity contribution in [3.8, 4) is 0 Å². The number of nitrogens with two attached hydrogens (primary N) is 1. The molecule has 0 saturated heterocycles. The van der Waals surface area contributed by atoms with E-state index in [1.165, 1.54) is 12.8 Å². The van der Waals surface area contributed by atoms with Gasteiger partial charge in [0.1, 0.15) is 17.5 Å². The summed E-state index contributed by atoms with van der Waals surface area (Å²) in [6.07, 6.45) is 4.39. The Bertz CT molecular complexity index is 379. The molecule has 1 heterocycles. The summed E-state index contributed by atoms with van der Waals surface area (Å²) < 4.78 is 0. The van der Waals surface area contributed by atoms with E-state index in [0.717, 1.165) is 30.4 Å². The van der Waals surface area contributed by atoms with Gasteiger partial charge < -0.3 is 10.7 Å². The normalized spacial score (nSPS) is 22.3. The molecule has 1 aliphatic rings. The molecule has 4 N–H and O–H groups in total. The smallest absolute Gasteiger partial charge is 0.145 e. The average Bonchev–Trinajstić information content (AvgIpc) is 3.07. The van der Waals surface area contributed by atoms with E-state index in [1.807, 2.05) is 6.07 Å². The first-order valence-electron chi connectivity index (χ1n) is 6.37. The molecule has 0 aliphatic heterocycles. The Kier molecular flexibility index (Phi) is 3.78. The molecule has 1 saturated carbocycles. The van der Waals surface area contributed by atoms with Gasteiger partial charge in [-0.25, -0.2) is 15.8 Å². The van der Waals surface area contributed by atoms with Gasteiger partial charge in [0.25, 0.3) is 0 Å². The van der Waals surface area contributed by atoms with E-state index in [1.54, 1.807) is 0 Å². The third-order valence-electron chi connectivity index (χ3n) is 3.17. The number of anilines is 2. The molecule has 5 nitrogen and oxygen atoms in total. The third kappa shape index (κ3) is 3.06. The number of hydrazine groups is 1. The zero-order valence-corrected chi connectivity index (χ0v) is 10.5. The molecular formula is C12H21N5. The minimum atomic E-state index is 0.579. The van der Waals surface area contributed by atoms with E-state index in [9.17, 15) is 0 Å². The molecule has 2 atom stereocenters. The SMILES string of the molecule is CCCc1nc(NN)cc(NC2CC2CC)n1. The van der Waals surface area contributed by atoms with Crippen LogP contribution in [0.1, 0.15) is 38.9 Å². The van der Waals surface area contributed by atoms with Crippen LogP contribution in [0.5, 0.6) is 0 Å². The summed E-state index contributed by atoms with van der Waals surface area (Å²) in [5.41, 5.74) is 2.59. The number of hydrogen-bond donors (Lipinski definition) is 3. The molecule has 17 heavy (non-hydrogen) atoms. The van der Waals surface area contributed by atoms with Crippen LogP contribution < -0.4 is 16.6 Å². The molecule has 2 rings (SSSR count). The van der Waals surface area contributed by atoms with Crippen molar-refractivity contribution in [2.75, 3.05) is 10.7 Å². The van der Waals surface area contributed by atoms with Gasteiger partial charge in [-0.3, -0.25) is 0 Å². The van der Waals surface area contributed by atoms with Gasteiger partial charge in [-0.1, -0.05) is 20.3 Å². The number of aryl methyl sites for hydroxylation is 1. The maximum atomic E-state index is 5.42. The van der Waals surface area contributed by atoms with E-state index < -0.39 is 0 Å². The van der Waals surface area contributed by atoms with Crippen molar-refractivity contribution in [3.63, 3.8) is 0 Å². The number of nitrogens with zero attached hydrogens (tertiary/aromatic N) is 2. The van der Waals surface area contributed by atoms with Crippen LogP contribution in [0.15, 0.2) is 6.07 Å². The molecule has 0 amide bonds. The summed E-state index contributed by atoms with van der Waals surface area (Å²) in [6, 6.07) is 2.44. The summed E-state index contributed by atoms with van der Waals surface area (Å²) in [6.45, 7) is 4.34. The molecule has 1 aromatic heterocycles. The summed E-state index contributed by atoms with van der Waals surface area (Å²) >= 11 is 0. The lowest BCUT2D eigenvalue weighted by Gasteiger charge is -2.09. The first kappa shape index (κ1) is 12.1. The molecule has 0 spiro atoms. The van der Waals surface area contributed by atoms with E-state index in [-0.39, 0.29) is 0 Å². The second-order valence-corrected chi connectivity index (χ2v) is 4.60. The fraction of sp³-hybridized carbons (Fsp3) is 0.667. The molecule has 0 aromatic carbocycles. The molecule has 1 aromatic rings. The van der Waals surface area contributed by atoms with Crippen molar-refractivity contribution in [1.82, 2.24) is 9.97 Å². The van der Waals surface area contributed by atoms with Crippen LogP contribution in [0, 0.1) is 5.92 Å². The van der Waals surface area contributed by atoms with E-state index >= 15 is 0 Å². The van der Waals surface area contributed by atoms with Crippen molar-refractivity contribution in [3.05, 3.63) is 11.9 Å². The topological polar surface area (TPSA) is 75.9 Å². The lowest BCUT2D eigenvalue weighted by molar-refractivity contribution is 0.770. The highest BCUT2D eigenvalue weighted by molar-refractivity contribution is 5.48. The van der Waals surface area contributed by atoms with Crippen LogP contribution in [0.4, 0.5) is 11.6 Å². The van der Waals surface area contributed by atoms with Crippen LogP contribution in [-0.4, -0.2) is 16.0 Å². The second kappa shape index (κ2) is 5.31. The highest BCUT2D eigenvalue weighted by atomic mass is 15.3. The molecule has 0 radical (unpaired) electrons. The third-order valence-corrected chi connectivity index (χ3v) is 3.17. The van der Waals surface area contributed by atoms with Gasteiger partial charge >= 0.3 is 0 Å². The Morgan fingerprint density at radius 1 is 1.35 bits per heavy atom. The van der Waals surface area contributed by atoms with Gasteiger partial charge in [0.05, 0.1) is 0 Å². The number of hydrogen-bond acceptors (Lipinski definition) is 5. The fourth-order valence-corrected chi connectivity index (χ4v) is 2.05. The Hall–Kier alpha value is -1.36. The Balaban J connectivity index is 2.07. The standard InChI is InChI=1S/C12H21N5/c1-3-5-10-15-11(7-12(16-10)17-13)14-9-6-8(9)4-2/h7-9H,3-6,13H2,1-2H3,(H2,14,15,16,17). The lowest BCUT2D eigenvalue weighted by Crippen LogP contribution is -2.13. The highest BCUT2D eigenvalue weighted by Crippen LogP contribution is 2.35. The van der Waals surface area contributed by atoms with Crippen LogP contribution in [-0.2, 0) is 6.42 Å². The van der Waals surface area contributed by atoms with Crippen molar-refractivity contribution in [2.24, 2.45) is 11.8 Å². The maximum absolute atomic E-state index is 5.42. The molecule has 1 aliphatic carbocycles. The van der Waals surface area contributed by atoms with Crippen LogP contribution in [0.25, 0.3) is 0 Å². The molecule has 1 fully saturated rings. The predicted octanol–water partition coefficient (Wildman–Crippen LogP) is 1.93. The Labute approximate surface area is 102 Å². The van der Waals surface area contributed by atoms with Crippen molar-refractivity contribution in [2.45, 2.75) is 45.6 Å². The summed E-state index contributed by atoms with van der Waals surface area (Å²) in [5.74, 6) is 8.63. The first-order valence-corrected chi connectivity index (χ1v) is 6.37. The van der Waals surface area contributed by atoms with Crippen LogP contribution in [0.2, 0.25) is 0 Å². The van der Waals surface area contributed by atoms with Crippen LogP contribution >= 0.6 is 0 Å². The van der Waals surface area contributed by atoms with E-state index in [0.29, 0.717) is 11.9 Å². The van der Waals surface area contributed by atoms with Gasteiger partial charge in [-0.2, -0.15) is 0 Å². The van der Waals surface area contributed by atoms with Crippen LogP contribution in [0.3, 0.4) is 0 Å². The molecule has 2 unspecified atom stereocenters. The highest BCUT2D eigenvalue weighted by Gasteiger charge is 2.35. The zero-order valence-electron chi connectivity index (χ0n) is 10.5. The number of aromatic nitrogens is 2. The maximum Gasteiger partial charge on any atom is 0.145 e. The quantitative estimate of drug-likeness (QED) is 0.519. The van der Waals surface area contributed by atoms with Crippen molar-refractivity contribution in [1.29, 1.82) is 0 Å². The monoisotopic (exact) mass is 235 g/mol. The molecule has 5 heteroatoms. The minimum absolute atomic E-state index is 0.579. The summed E-state index contributed by atoms with van der Waals surface area (Å²) in [4.78, 5) is 8.82. The molecule has 0 bridgehead atoms. The number of rotatable bonds is 6. The van der Waals surface area contributed by atoms with Gasteiger partial charge in [-0.15, -0.1) is 0 Å².